The molecule has 12 heteroatoms. The summed E-state index contributed by atoms with van der Waals surface area (Å²) < 4.78 is 34.1. The summed E-state index contributed by atoms with van der Waals surface area (Å²) in [5.41, 5.74) is 28.5. The average molecular weight is 1990 g/mol. The normalized spacial score (nSPS) is 13.0. The smallest absolute Gasteiger partial charge is 0.338 e. The quantitative estimate of drug-likeness (QED) is 0.142. The number of amides is 1. The lowest BCUT2D eigenvalue weighted by Gasteiger charge is -2.22. The molecule has 145 heavy (non-hydrogen) atoms. The van der Waals surface area contributed by atoms with Crippen molar-refractivity contribution < 1.29 is 42.5 Å². The maximum absolute atomic E-state index is 13.1. The van der Waals surface area contributed by atoms with Crippen molar-refractivity contribution in [3.05, 3.63) is 384 Å². The molecule has 12 aromatic rings. The Labute approximate surface area is 881 Å². The predicted octanol–water partition coefficient (Wildman–Crippen LogP) is 36.8. The topological polar surface area (TPSA) is 128 Å². The number of esters is 2. The van der Waals surface area contributed by atoms with Gasteiger partial charge in [-0.2, -0.15) is 0 Å². The number of anilines is 1. The molecule has 1 amide bonds. The molecule has 3 heterocycles. The van der Waals surface area contributed by atoms with Gasteiger partial charge >= 0.3 is 11.9 Å². The third kappa shape index (κ3) is 41.3. The number of benzene rings is 11. The lowest BCUT2D eigenvalue weighted by molar-refractivity contribution is -0.117. The van der Waals surface area contributed by atoms with Crippen LogP contribution in [-0.4, -0.2) is 60.8 Å². The second-order valence-corrected chi connectivity index (χ2v) is 49.5. The summed E-state index contributed by atoms with van der Waals surface area (Å²) in [6.45, 7) is 91.0. The molecule has 0 aliphatic carbocycles. The highest BCUT2D eigenvalue weighted by atomic mass is 35.5. The Morgan fingerprint density at radius 1 is 0.414 bits per heavy atom. The molecule has 0 spiro atoms. The second kappa shape index (κ2) is 53.1. The number of ether oxygens (including phenoxy) is 3. The van der Waals surface area contributed by atoms with Crippen LogP contribution in [0.4, 0.5) is 10.1 Å². The van der Waals surface area contributed by atoms with E-state index in [1.807, 2.05) is 94.1 Å². The molecular formula is C133H178ClFN2O8. The van der Waals surface area contributed by atoms with Gasteiger partial charge in [0.05, 0.1) is 36.1 Å². The Morgan fingerprint density at radius 3 is 1.20 bits per heavy atom. The van der Waals surface area contributed by atoms with Crippen molar-refractivity contribution in [3.8, 4) is 28.2 Å². The molecule has 2 aliphatic heterocycles. The fourth-order valence-electron chi connectivity index (χ4n) is 14.8. The fraction of sp³-hybridized carbons (Fsp3) is 0.429. The maximum atomic E-state index is 13.1. The highest BCUT2D eigenvalue weighted by molar-refractivity contribution is 6.31. The molecule has 2 aliphatic rings. The van der Waals surface area contributed by atoms with E-state index >= 15 is 0 Å². The first-order chi connectivity index (χ1) is 66.8. The number of nitrogens with zero attached hydrogens (tertiary/aromatic N) is 2. The van der Waals surface area contributed by atoms with Gasteiger partial charge in [-0.3, -0.25) is 4.79 Å². The summed E-state index contributed by atoms with van der Waals surface area (Å²) in [6, 6.07) is 84.6. The van der Waals surface area contributed by atoms with Crippen LogP contribution in [0.3, 0.4) is 0 Å². The molecular weight excluding hydrogens is 1810 g/mol. The molecule has 782 valence electrons. The number of carbonyl (C=O) groups is 3. The number of phenols is 1. The Balaban J connectivity index is 0.000000285. The minimum absolute atomic E-state index is 0.0362. The van der Waals surface area contributed by atoms with Crippen LogP contribution in [0.5, 0.6) is 5.75 Å². The van der Waals surface area contributed by atoms with Gasteiger partial charge in [0, 0.05) is 34.8 Å². The van der Waals surface area contributed by atoms with Gasteiger partial charge in [-0.15, -0.1) is 0 Å². The zero-order valence-corrected chi connectivity index (χ0v) is 97.0. The molecule has 10 nitrogen and oxygen atoms in total. The maximum Gasteiger partial charge on any atom is 0.338 e. The van der Waals surface area contributed by atoms with E-state index < -0.39 is 11.9 Å². The van der Waals surface area contributed by atoms with Crippen molar-refractivity contribution >= 4 is 47.1 Å². The summed E-state index contributed by atoms with van der Waals surface area (Å²) >= 11 is 6.02. The van der Waals surface area contributed by atoms with Crippen molar-refractivity contribution in [3.63, 3.8) is 0 Å². The molecule has 0 bridgehead atoms. The van der Waals surface area contributed by atoms with Crippen LogP contribution >= 0.6 is 11.6 Å². The number of hydrogen-bond donors (Lipinski definition) is 1. The van der Waals surface area contributed by atoms with Gasteiger partial charge in [0.25, 0.3) is 0 Å². The second-order valence-electron chi connectivity index (χ2n) is 49.1. The van der Waals surface area contributed by atoms with Gasteiger partial charge < -0.3 is 28.6 Å². The molecule has 14 rings (SSSR count). The Morgan fingerprint density at radius 2 is 0.807 bits per heavy atom. The molecule has 1 aromatic heterocycles. The van der Waals surface area contributed by atoms with Crippen LogP contribution in [0.1, 0.15) is 369 Å². The van der Waals surface area contributed by atoms with Crippen molar-refractivity contribution in [1.29, 1.82) is 0 Å². The molecule has 0 radical (unpaired) electrons. The van der Waals surface area contributed by atoms with Gasteiger partial charge in [0.1, 0.15) is 23.9 Å². The minimum atomic E-state index is -0.427. The number of hydrogen-bond acceptors (Lipinski definition) is 9. The largest absolute Gasteiger partial charge is 0.508 e. The van der Waals surface area contributed by atoms with Crippen molar-refractivity contribution in [2.45, 2.75) is 349 Å². The lowest BCUT2D eigenvalue weighted by Crippen LogP contribution is -2.24. The van der Waals surface area contributed by atoms with Crippen LogP contribution < -0.4 is 4.90 Å². The molecule has 1 N–H and O–H groups in total. The molecule has 1 saturated heterocycles. The fourth-order valence-corrected chi connectivity index (χ4v) is 15.0. The van der Waals surface area contributed by atoms with E-state index in [0.29, 0.717) is 48.7 Å². The van der Waals surface area contributed by atoms with Crippen LogP contribution in [0.2, 0.25) is 5.02 Å². The lowest BCUT2D eigenvalue weighted by atomic mass is 9.84. The number of phenolic OH excluding ortho intramolecular Hbond substituents is 1. The Hall–Kier alpha value is -11.7. The van der Waals surface area contributed by atoms with Crippen LogP contribution in [0.25, 0.3) is 28.5 Å². The Kier molecular flexibility index (Phi) is 45.3. The van der Waals surface area contributed by atoms with Crippen LogP contribution in [0.15, 0.2) is 271 Å². The number of furan rings is 1. The summed E-state index contributed by atoms with van der Waals surface area (Å²) in [4.78, 5) is 41.9. The summed E-state index contributed by atoms with van der Waals surface area (Å²) in [6.07, 6.45) is 5.30. The third-order valence-electron chi connectivity index (χ3n) is 25.1. The van der Waals surface area contributed by atoms with Gasteiger partial charge in [-0.25, -0.2) is 19.0 Å². The number of rotatable bonds is 9. The zero-order valence-electron chi connectivity index (χ0n) is 96.2. The number of aryl methyl sites for hydroxylation is 6. The minimum Gasteiger partial charge on any atom is -0.508 e. The van der Waals surface area contributed by atoms with E-state index in [9.17, 15) is 23.9 Å². The van der Waals surface area contributed by atoms with Crippen LogP contribution in [0, 0.1) is 47.4 Å². The zero-order chi connectivity index (χ0) is 110. The van der Waals surface area contributed by atoms with Gasteiger partial charge in [0.2, 0.25) is 11.8 Å². The number of carbonyl (C=O) groups excluding carboxylic acids is 3. The van der Waals surface area contributed by atoms with E-state index in [0.717, 1.165) is 68.7 Å². The monoisotopic (exact) mass is 1990 g/mol. The van der Waals surface area contributed by atoms with Gasteiger partial charge in [0.15, 0.2) is 0 Å². The molecule has 0 saturated carbocycles. The van der Waals surface area contributed by atoms with E-state index in [1.165, 1.54) is 84.0 Å². The van der Waals surface area contributed by atoms with E-state index in [1.54, 1.807) is 45.2 Å². The highest BCUT2D eigenvalue weighted by Gasteiger charge is 2.30. The van der Waals surface area contributed by atoms with Crippen molar-refractivity contribution in [1.82, 2.24) is 0 Å². The third-order valence-corrected chi connectivity index (χ3v) is 25.5. The Bertz CT molecular complexity index is 5960. The summed E-state index contributed by atoms with van der Waals surface area (Å²) in [7, 11) is 0. The molecule has 11 aromatic carbocycles. The standard InChI is InChI=1S/C17H20.C16H22O4.C15H21NO.C14H19NO.C14H16O.C13H18.C11H15Cl.C11H15F.C11H16O.C11H16/c1-13-10-11-15(17(2,3)4)12-16(13)14-8-6-5-7-9-14;1-6-19-14(17)11-8-12(15(18)20-7-2)10-13(9-11)16(3,4)5;1-14(2,3)12-8-6-11(7-9-12)13-16-15(4,5)10-17-13;1-14(2,3)11-6-4-7-12(10-11)15-9-5-8-13(15)16;1-14(2,3)12-8-6-11(7-9-12)13-5-4-10-15-13;1-6-11-9-12(13(3,4)5)8-7-10(11)2;3*1-8-5-6-9(7-10(8)12)11(2,3)4;1-9-5-7-10(8-6-9)11(2,3)4/h5-12H,1-4H3;8-10H,6-7H2,1-5H3;6-9H,10H2,1-5H3;4,6-7,10H,5,8-9H2,1-3H3;4-10H,1-3H3;6-9H,1H2,2-5H3;2*5-7H,1-4H3;5-7,12H,1-4H3;5-8H,1-4H3. The summed E-state index contributed by atoms with van der Waals surface area (Å²) in [5.74, 6) is 1.38. The molecule has 0 unspecified atom stereocenters. The average Bonchev–Trinajstić information content (AvgIpc) is 1.59. The van der Waals surface area contributed by atoms with Crippen LogP contribution in [-0.2, 0) is 73.2 Å². The first-order valence-electron chi connectivity index (χ1n) is 51.5. The highest BCUT2D eigenvalue weighted by Crippen LogP contribution is 2.37. The first-order valence-corrected chi connectivity index (χ1v) is 51.9. The molecule has 0 atom stereocenters. The first kappa shape index (κ1) is 124. The van der Waals surface area contributed by atoms with E-state index in [4.69, 9.17) is 30.2 Å². The van der Waals surface area contributed by atoms with Crippen molar-refractivity contribution in [2.24, 2.45) is 4.99 Å². The van der Waals surface area contributed by atoms with Crippen molar-refractivity contribution in [2.75, 3.05) is 31.3 Å². The van der Waals surface area contributed by atoms with E-state index in [-0.39, 0.29) is 71.4 Å². The summed E-state index contributed by atoms with van der Waals surface area (Å²) in [5, 5.41) is 10.3. The number of aliphatic imine (C=N–C) groups is 1. The van der Waals surface area contributed by atoms with E-state index in [2.05, 4.69) is 409 Å². The van der Waals surface area contributed by atoms with Gasteiger partial charge in [-0.1, -0.05) is 413 Å². The SMILES string of the molecule is C=Cc1cc(C(C)(C)C)ccc1C.CC(C)(C)c1ccc(-c2ccco2)cc1.CC(C)(C)c1cccc(N2CCCC2=O)c1.CC1(C)COC(c2ccc(C(C)(C)C)cc2)=N1.CCOC(=O)c1cc(C(=O)OCC)cc(C(C)(C)C)c1.Cc1ccc(C(C)(C)C)cc1.Cc1ccc(C(C)(C)C)cc1-c1ccccc1.Cc1ccc(C(C)(C)C)cc1Cl.Cc1ccc(C(C)(C)C)cc1F.Cc1ccc(C(C)(C)C)cc1O. The number of halogens is 2. The molecule has 1 fully saturated rings. The van der Waals surface area contributed by atoms with Gasteiger partial charge in [-0.05, 0) is 303 Å². The predicted molar refractivity (Wildman–Crippen MR) is 620 cm³/mol. The number of aromatic hydroxyl groups is 1.